The van der Waals surface area contributed by atoms with Crippen LogP contribution in [0.5, 0.6) is 17.2 Å². The number of ether oxygens (including phenoxy) is 2. The summed E-state index contributed by atoms with van der Waals surface area (Å²) in [6.07, 6.45) is -4.39. The van der Waals surface area contributed by atoms with Gasteiger partial charge < -0.3 is 9.47 Å². The Bertz CT molecular complexity index is 1280. The molecule has 0 unspecified atom stereocenters. The zero-order chi connectivity index (χ0) is 23.6. The third-order valence-corrected chi connectivity index (χ3v) is 4.52. The first kappa shape index (κ1) is 23.1. The van der Waals surface area contributed by atoms with E-state index in [2.05, 4.69) is 0 Å². The van der Waals surface area contributed by atoms with Crippen molar-refractivity contribution in [2.75, 3.05) is 6.61 Å². The van der Waals surface area contributed by atoms with Gasteiger partial charge in [-0.05, 0) is 30.3 Å². The second-order valence-corrected chi connectivity index (χ2v) is 6.73. The molecule has 3 rings (SSSR count). The quantitative estimate of drug-likeness (QED) is 0.403. The fourth-order valence-corrected chi connectivity index (χ4v) is 2.94. The molecule has 0 aliphatic carbocycles. The van der Waals surface area contributed by atoms with Gasteiger partial charge in [0.1, 0.15) is 35.4 Å². The van der Waals surface area contributed by atoms with E-state index in [1.165, 1.54) is 24.3 Å². The van der Waals surface area contributed by atoms with Crippen molar-refractivity contribution in [2.45, 2.75) is 6.18 Å². The zero-order valence-corrected chi connectivity index (χ0v) is 16.9. The Hall–Kier alpha value is -3.60. The first-order chi connectivity index (χ1) is 15.0. The highest BCUT2D eigenvalue weighted by molar-refractivity contribution is 6.32. The maximum Gasteiger partial charge on any atom is 0.431 e. The summed E-state index contributed by atoms with van der Waals surface area (Å²) in [5.74, 6) is -0.719. The van der Waals surface area contributed by atoms with Crippen molar-refractivity contribution in [2.24, 2.45) is 7.05 Å². The Labute approximate surface area is 182 Å². The lowest BCUT2D eigenvalue weighted by Gasteiger charge is -2.15. The van der Waals surface area contributed by atoms with Gasteiger partial charge in [0, 0.05) is 19.2 Å². The number of carbonyl (C=O) groups is 1. The van der Waals surface area contributed by atoms with Crippen LogP contribution in [-0.2, 0) is 18.0 Å². The minimum absolute atomic E-state index is 0.149. The van der Waals surface area contributed by atoms with E-state index in [0.29, 0.717) is 12.0 Å². The number of hydrogen-bond acceptors (Lipinski definition) is 5. The first-order valence-electron chi connectivity index (χ1n) is 8.77. The number of halogens is 5. The second-order valence-electron chi connectivity index (χ2n) is 6.33. The van der Waals surface area contributed by atoms with Gasteiger partial charge in [-0.2, -0.15) is 13.2 Å². The molecule has 0 radical (unpaired) electrons. The van der Waals surface area contributed by atoms with Crippen molar-refractivity contribution < 1.29 is 31.8 Å². The molecule has 0 aliphatic heterocycles. The number of aldehydes is 1. The van der Waals surface area contributed by atoms with Crippen molar-refractivity contribution in [3.8, 4) is 22.9 Å². The monoisotopic (exact) mass is 472 g/mol. The van der Waals surface area contributed by atoms with Crippen LogP contribution < -0.4 is 20.7 Å². The van der Waals surface area contributed by atoms with Crippen LogP contribution >= 0.6 is 11.6 Å². The first-order valence-corrected chi connectivity index (χ1v) is 9.14. The Morgan fingerprint density at radius 1 is 1.06 bits per heavy atom. The summed E-state index contributed by atoms with van der Waals surface area (Å²) in [6, 6.07) is 7.72. The lowest BCUT2D eigenvalue weighted by molar-refractivity contribution is -0.144. The van der Waals surface area contributed by atoms with Crippen LogP contribution in [0, 0.1) is 5.82 Å². The summed E-state index contributed by atoms with van der Waals surface area (Å²) in [7, 11) is 0.806. The van der Waals surface area contributed by atoms with E-state index < -0.39 is 34.6 Å². The molecule has 168 valence electrons. The minimum Gasteiger partial charge on any atom is -0.486 e. The summed E-state index contributed by atoms with van der Waals surface area (Å²) < 4.78 is 64.7. The molecule has 0 saturated carbocycles. The van der Waals surface area contributed by atoms with Gasteiger partial charge in [0.05, 0.1) is 10.7 Å². The van der Waals surface area contributed by atoms with Crippen LogP contribution in [0.2, 0.25) is 5.02 Å². The van der Waals surface area contributed by atoms with Gasteiger partial charge in [0.15, 0.2) is 6.29 Å². The summed E-state index contributed by atoms with van der Waals surface area (Å²) in [5.41, 5.74) is -4.92. The number of benzene rings is 2. The Morgan fingerprint density at radius 2 is 1.69 bits per heavy atom. The molecule has 0 spiro atoms. The molecule has 1 aromatic heterocycles. The van der Waals surface area contributed by atoms with Crippen LogP contribution in [-0.4, -0.2) is 22.0 Å². The zero-order valence-electron chi connectivity index (χ0n) is 16.2. The van der Waals surface area contributed by atoms with Crippen molar-refractivity contribution in [3.05, 3.63) is 79.8 Å². The van der Waals surface area contributed by atoms with Crippen molar-refractivity contribution in [1.29, 1.82) is 0 Å². The van der Waals surface area contributed by atoms with Gasteiger partial charge in [0.25, 0.3) is 5.56 Å². The molecule has 0 aliphatic rings. The third kappa shape index (κ3) is 4.67. The molecular weight excluding hydrogens is 460 g/mol. The standard InChI is InChI=1S/C20H13ClF4N2O5/c1-26-17(20(23,24)25)10-18(29)27(19(26)30)15-9-16(13(21)8-14(15)22)32-12-4-2-11(3-5-12)31-7-6-28/h2-6,8-10H,7H2,1H3. The smallest absolute Gasteiger partial charge is 0.431 e. The van der Waals surface area contributed by atoms with Gasteiger partial charge in [0.2, 0.25) is 0 Å². The molecule has 0 amide bonds. The second kappa shape index (κ2) is 8.87. The van der Waals surface area contributed by atoms with Gasteiger partial charge in [-0.3, -0.25) is 14.2 Å². The van der Waals surface area contributed by atoms with Crippen LogP contribution in [0.25, 0.3) is 5.69 Å². The number of carbonyl (C=O) groups excluding carboxylic acids is 1. The van der Waals surface area contributed by atoms with Gasteiger partial charge in [-0.15, -0.1) is 0 Å². The number of hydrogen-bond donors (Lipinski definition) is 0. The average Bonchev–Trinajstić information content (AvgIpc) is 2.72. The van der Waals surface area contributed by atoms with E-state index >= 15 is 0 Å². The molecule has 2 aromatic carbocycles. The number of rotatable bonds is 6. The van der Waals surface area contributed by atoms with E-state index in [9.17, 15) is 31.9 Å². The molecular formula is C20H13ClF4N2O5. The van der Waals surface area contributed by atoms with E-state index in [1.54, 1.807) is 0 Å². The summed E-state index contributed by atoms with van der Waals surface area (Å²) in [6.45, 7) is -0.149. The molecule has 12 heteroatoms. The van der Waals surface area contributed by atoms with Gasteiger partial charge in [-0.1, -0.05) is 11.6 Å². The highest BCUT2D eigenvalue weighted by Gasteiger charge is 2.35. The SMILES string of the molecule is Cn1c(C(F)(F)F)cc(=O)n(-c2cc(Oc3ccc(OCC=O)cc3)c(Cl)cc2F)c1=O. The number of aromatic nitrogens is 2. The molecule has 0 atom stereocenters. The summed E-state index contributed by atoms with van der Waals surface area (Å²) in [5, 5.41) is -0.218. The van der Waals surface area contributed by atoms with E-state index in [-0.39, 0.29) is 38.3 Å². The van der Waals surface area contributed by atoms with Crippen LogP contribution in [0.4, 0.5) is 17.6 Å². The van der Waals surface area contributed by atoms with Crippen molar-refractivity contribution >= 4 is 17.9 Å². The van der Waals surface area contributed by atoms with Crippen LogP contribution in [0.15, 0.2) is 52.1 Å². The maximum atomic E-state index is 14.5. The van der Waals surface area contributed by atoms with Crippen LogP contribution in [0.1, 0.15) is 5.69 Å². The fraction of sp³-hybridized carbons (Fsp3) is 0.150. The van der Waals surface area contributed by atoms with Crippen molar-refractivity contribution in [1.82, 2.24) is 9.13 Å². The molecule has 0 fully saturated rings. The minimum atomic E-state index is -4.96. The fourth-order valence-electron chi connectivity index (χ4n) is 2.75. The van der Waals surface area contributed by atoms with E-state index in [1.807, 2.05) is 0 Å². The Morgan fingerprint density at radius 3 is 2.28 bits per heavy atom. The molecule has 1 heterocycles. The van der Waals surface area contributed by atoms with Gasteiger partial charge >= 0.3 is 11.9 Å². The normalized spacial score (nSPS) is 11.3. The van der Waals surface area contributed by atoms with E-state index in [4.69, 9.17) is 21.1 Å². The summed E-state index contributed by atoms with van der Waals surface area (Å²) >= 11 is 5.99. The lowest BCUT2D eigenvalue weighted by Crippen LogP contribution is -2.41. The van der Waals surface area contributed by atoms with Crippen LogP contribution in [0.3, 0.4) is 0 Å². The molecule has 0 saturated heterocycles. The predicted molar refractivity (Wildman–Crippen MR) is 105 cm³/mol. The van der Waals surface area contributed by atoms with Gasteiger partial charge in [-0.25, -0.2) is 13.8 Å². The Kier molecular flexibility index (Phi) is 6.40. The number of alkyl halides is 3. The lowest BCUT2D eigenvalue weighted by atomic mass is 10.2. The highest BCUT2D eigenvalue weighted by atomic mass is 35.5. The topological polar surface area (TPSA) is 79.5 Å². The maximum absolute atomic E-state index is 14.5. The average molecular weight is 473 g/mol. The third-order valence-electron chi connectivity index (χ3n) is 4.22. The molecule has 7 nitrogen and oxygen atoms in total. The largest absolute Gasteiger partial charge is 0.486 e. The Balaban J connectivity index is 2.05. The van der Waals surface area contributed by atoms with E-state index in [0.717, 1.165) is 19.2 Å². The van der Waals surface area contributed by atoms with Crippen molar-refractivity contribution in [3.63, 3.8) is 0 Å². The highest BCUT2D eigenvalue weighted by Crippen LogP contribution is 2.33. The summed E-state index contributed by atoms with van der Waals surface area (Å²) in [4.78, 5) is 35.0. The predicted octanol–water partition coefficient (Wildman–Crippen LogP) is 3.72. The number of nitrogens with zero attached hydrogens (tertiary/aromatic N) is 2. The molecule has 3 aromatic rings. The molecule has 0 N–H and O–H groups in total. The molecule has 32 heavy (non-hydrogen) atoms. The molecule has 0 bridgehead atoms.